The fourth-order valence-corrected chi connectivity index (χ4v) is 1.56. The fraction of sp³-hybridized carbons (Fsp3) is 0.875. The number of carbonyl (C=O) groups is 1. The van der Waals surface area contributed by atoms with Gasteiger partial charge in [0.25, 0.3) is 0 Å². The molecule has 15 heavy (non-hydrogen) atoms. The minimum Gasteiger partial charge on any atom is -0.481 e. The first-order valence-corrected chi connectivity index (χ1v) is 4.59. The smallest absolute Gasteiger partial charge is 0.306 e. The summed E-state index contributed by atoms with van der Waals surface area (Å²) in [6, 6.07) is 0. The number of rotatable bonds is 3. The molecule has 0 aromatic rings. The molecule has 1 rings (SSSR count). The topological polar surface area (TPSA) is 133 Å². The maximum atomic E-state index is 10.4. The summed E-state index contributed by atoms with van der Waals surface area (Å²) >= 11 is 0. The van der Waals surface area contributed by atoms with E-state index in [2.05, 4.69) is 0 Å². The molecule has 88 valence electrons. The first-order chi connectivity index (χ1) is 6.97. The SMILES string of the molecule is NC[C@H]1OC(CC(=O)O)[C@@H](O)[C@@H](O)[C@@H]1O. The molecule has 0 aromatic carbocycles. The first kappa shape index (κ1) is 12.3. The van der Waals surface area contributed by atoms with Gasteiger partial charge in [-0.15, -0.1) is 0 Å². The molecule has 0 radical (unpaired) electrons. The van der Waals surface area contributed by atoms with E-state index in [1.165, 1.54) is 0 Å². The number of hydrogen-bond acceptors (Lipinski definition) is 6. The van der Waals surface area contributed by atoms with E-state index >= 15 is 0 Å². The van der Waals surface area contributed by atoms with E-state index in [1.807, 2.05) is 0 Å². The van der Waals surface area contributed by atoms with Crippen LogP contribution in [0.1, 0.15) is 6.42 Å². The molecule has 7 nitrogen and oxygen atoms in total. The molecule has 0 aromatic heterocycles. The Bertz CT molecular complexity index is 233. The van der Waals surface area contributed by atoms with Crippen molar-refractivity contribution in [2.75, 3.05) is 6.54 Å². The van der Waals surface area contributed by atoms with Crippen LogP contribution in [0.25, 0.3) is 0 Å². The number of hydrogen-bond donors (Lipinski definition) is 5. The molecule has 1 aliphatic rings. The third-order valence-electron chi connectivity index (χ3n) is 2.42. The van der Waals surface area contributed by atoms with Crippen molar-refractivity contribution < 1.29 is 30.0 Å². The molecule has 1 fully saturated rings. The number of carboxylic acids is 1. The lowest BCUT2D eigenvalue weighted by Crippen LogP contribution is -2.59. The zero-order valence-corrected chi connectivity index (χ0v) is 7.98. The van der Waals surface area contributed by atoms with Crippen LogP contribution in [0.4, 0.5) is 0 Å². The third kappa shape index (κ3) is 2.64. The van der Waals surface area contributed by atoms with Crippen molar-refractivity contribution in [2.45, 2.75) is 36.9 Å². The van der Waals surface area contributed by atoms with Gasteiger partial charge in [0.1, 0.15) is 18.3 Å². The second-order valence-corrected chi connectivity index (χ2v) is 3.52. The third-order valence-corrected chi connectivity index (χ3v) is 2.42. The van der Waals surface area contributed by atoms with Gasteiger partial charge in [-0.1, -0.05) is 0 Å². The summed E-state index contributed by atoms with van der Waals surface area (Å²) in [7, 11) is 0. The Labute approximate surface area is 86.1 Å². The average Bonchev–Trinajstić information content (AvgIpc) is 2.18. The van der Waals surface area contributed by atoms with Crippen LogP contribution in [-0.4, -0.2) is 63.5 Å². The Balaban J connectivity index is 2.69. The van der Waals surface area contributed by atoms with E-state index < -0.39 is 42.9 Å². The standard InChI is InChI=1S/C8H15NO6/c9-2-4-7(13)8(14)6(12)3(15-4)1-5(10)11/h3-4,6-8,12-14H,1-2,9H2,(H,10,11)/t3?,4-,6-,7-,8-/m1/s1. The molecule has 0 aliphatic carbocycles. The van der Waals surface area contributed by atoms with Crippen molar-refractivity contribution in [1.82, 2.24) is 0 Å². The Morgan fingerprint density at radius 2 is 1.67 bits per heavy atom. The first-order valence-electron chi connectivity index (χ1n) is 4.59. The second-order valence-electron chi connectivity index (χ2n) is 3.52. The highest BCUT2D eigenvalue weighted by Gasteiger charge is 2.43. The molecule has 0 spiro atoms. The molecule has 1 heterocycles. The van der Waals surface area contributed by atoms with Crippen molar-refractivity contribution in [1.29, 1.82) is 0 Å². The molecule has 1 unspecified atom stereocenters. The lowest BCUT2D eigenvalue weighted by molar-refractivity contribution is -0.221. The van der Waals surface area contributed by atoms with Crippen LogP contribution in [0.5, 0.6) is 0 Å². The van der Waals surface area contributed by atoms with Crippen LogP contribution in [0, 0.1) is 0 Å². The number of carboxylic acid groups (broad SMARTS) is 1. The zero-order valence-electron chi connectivity index (χ0n) is 7.98. The van der Waals surface area contributed by atoms with Crippen LogP contribution < -0.4 is 5.73 Å². The van der Waals surface area contributed by atoms with Gasteiger partial charge in [0.05, 0.1) is 18.6 Å². The van der Waals surface area contributed by atoms with Crippen molar-refractivity contribution in [3.63, 3.8) is 0 Å². The molecule has 6 N–H and O–H groups in total. The quantitative estimate of drug-likeness (QED) is 0.349. The van der Waals surface area contributed by atoms with E-state index in [0.29, 0.717) is 0 Å². The minimum atomic E-state index is -1.43. The number of aliphatic carboxylic acids is 1. The van der Waals surface area contributed by atoms with Crippen LogP contribution >= 0.6 is 0 Å². The summed E-state index contributed by atoms with van der Waals surface area (Å²) in [5.74, 6) is -1.15. The molecule has 1 aliphatic heterocycles. The summed E-state index contributed by atoms with van der Waals surface area (Å²) in [5, 5.41) is 36.8. The van der Waals surface area contributed by atoms with Crippen molar-refractivity contribution in [2.24, 2.45) is 5.73 Å². The van der Waals surface area contributed by atoms with Crippen LogP contribution in [0.3, 0.4) is 0 Å². The van der Waals surface area contributed by atoms with Gasteiger partial charge in [-0.05, 0) is 0 Å². The fourth-order valence-electron chi connectivity index (χ4n) is 1.56. The highest BCUT2D eigenvalue weighted by atomic mass is 16.5. The van der Waals surface area contributed by atoms with Gasteiger partial charge >= 0.3 is 5.97 Å². The van der Waals surface area contributed by atoms with Gasteiger partial charge < -0.3 is 30.9 Å². The van der Waals surface area contributed by atoms with Gasteiger partial charge in [-0.2, -0.15) is 0 Å². The van der Waals surface area contributed by atoms with Gasteiger partial charge in [0.15, 0.2) is 0 Å². The van der Waals surface area contributed by atoms with E-state index in [4.69, 9.17) is 15.6 Å². The molecular weight excluding hydrogens is 206 g/mol. The van der Waals surface area contributed by atoms with E-state index in [9.17, 15) is 20.1 Å². The lowest BCUT2D eigenvalue weighted by Gasteiger charge is -2.39. The Kier molecular flexibility index (Phi) is 4.00. The van der Waals surface area contributed by atoms with E-state index in [0.717, 1.165) is 0 Å². The molecule has 5 atom stereocenters. The van der Waals surface area contributed by atoms with Crippen LogP contribution in [0.2, 0.25) is 0 Å². The highest BCUT2D eigenvalue weighted by molar-refractivity contribution is 5.67. The van der Waals surface area contributed by atoms with Gasteiger partial charge in [0, 0.05) is 6.54 Å². The van der Waals surface area contributed by atoms with Gasteiger partial charge in [-0.3, -0.25) is 4.79 Å². The zero-order chi connectivity index (χ0) is 11.6. The van der Waals surface area contributed by atoms with Crippen molar-refractivity contribution >= 4 is 5.97 Å². The van der Waals surface area contributed by atoms with Gasteiger partial charge in [0.2, 0.25) is 0 Å². The van der Waals surface area contributed by atoms with Crippen LogP contribution in [-0.2, 0) is 9.53 Å². The minimum absolute atomic E-state index is 0.0545. The molecule has 0 bridgehead atoms. The Morgan fingerprint density at radius 1 is 1.13 bits per heavy atom. The maximum Gasteiger partial charge on any atom is 0.306 e. The molecule has 7 heteroatoms. The number of nitrogens with two attached hydrogens (primary N) is 1. The summed E-state index contributed by atoms with van der Waals surface area (Å²) in [5.41, 5.74) is 5.27. The van der Waals surface area contributed by atoms with Crippen molar-refractivity contribution in [3.8, 4) is 0 Å². The highest BCUT2D eigenvalue weighted by Crippen LogP contribution is 2.22. The summed E-state index contributed by atoms with van der Waals surface area (Å²) in [6.07, 6.45) is -6.49. The van der Waals surface area contributed by atoms with Gasteiger partial charge in [-0.25, -0.2) is 0 Å². The normalized spacial score (nSPS) is 41.5. The van der Waals surface area contributed by atoms with E-state index in [1.54, 1.807) is 0 Å². The predicted molar refractivity (Wildman–Crippen MR) is 48.0 cm³/mol. The summed E-state index contributed by atoms with van der Waals surface area (Å²) in [6.45, 7) is -0.0545. The molecule has 1 saturated heterocycles. The van der Waals surface area contributed by atoms with Crippen molar-refractivity contribution in [3.05, 3.63) is 0 Å². The van der Waals surface area contributed by atoms with E-state index in [-0.39, 0.29) is 6.54 Å². The number of aliphatic hydroxyl groups is 3. The maximum absolute atomic E-state index is 10.4. The molecule has 0 saturated carbocycles. The number of ether oxygens (including phenoxy) is 1. The Morgan fingerprint density at radius 3 is 2.13 bits per heavy atom. The average molecular weight is 221 g/mol. The number of aliphatic hydroxyl groups excluding tert-OH is 3. The van der Waals surface area contributed by atoms with Crippen LogP contribution in [0.15, 0.2) is 0 Å². The lowest BCUT2D eigenvalue weighted by atomic mass is 9.93. The molecular formula is C8H15NO6. The second kappa shape index (κ2) is 4.86. The monoisotopic (exact) mass is 221 g/mol. The predicted octanol–water partition coefficient (Wildman–Crippen LogP) is -2.73. The molecule has 0 amide bonds. The summed E-state index contributed by atoms with van der Waals surface area (Å²) in [4.78, 5) is 10.4. The largest absolute Gasteiger partial charge is 0.481 e. The summed E-state index contributed by atoms with van der Waals surface area (Å²) < 4.78 is 5.08. The Hall–Kier alpha value is -0.730.